The fraction of sp³-hybridized carbons (Fsp3) is 0.538. The Bertz CT molecular complexity index is 286. The molecule has 1 fully saturated rings. The molecule has 0 aliphatic carbocycles. The number of likely N-dealkylation sites (N-methyl/N-ethyl adjacent to an activating group) is 1. The molecule has 0 amide bonds. The molecule has 15 heavy (non-hydrogen) atoms. The maximum Gasteiger partial charge on any atom is 0.119 e. The van der Waals surface area contributed by atoms with Gasteiger partial charge in [0.15, 0.2) is 0 Å². The van der Waals surface area contributed by atoms with Crippen molar-refractivity contribution in [3.8, 4) is 5.75 Å². The van der Waals surface area contributed by atoms with Crippen LogP contribution in [-0.2, 0) is 0 Å². The number of hydrogen-bond donors (Lipinski definition) is 0. The van der Waals surface area contributed by atoms with Gasteiger partial charge in [0.25, 0.3) is 0 Å². The van der Waals surface area contributed by atoms with E-state index in [1.807, 2.05) is 30.3 Å². The number of benzene rings is 1. The molecule has 1 unspecified atom stereocenters. The maximum atomic E-state index is 5.95. The molecule has 2 heteroatoms. The zero-order valence-electron chi connectivity index (χ0n) is 9.36. The molecule has 0 bridgehead atoms. The van der Waals surface area contributed by atoms with Gasteiger partial charge < -0.3 is 4.74 Å². The average molecular weight is 205 g/mol. The highest BCUT2D eigenvalue weighted by atomic mass is 16.5. The number of para-hydroxylation sites is 1. The van der Waals surface area contributed by atoms with E-state index in [-0.39, 0.29) is 0 Å². The Morgan fingerprint density at radius 3 is 2.87 bits per heavy atom. The summed E-state index contributed by atoms with van der Waals surface area (Å²) in [6, 6.07) is 10.1. The van der Waals surface area contributed by atoms with Gasteiger partial charge in [0.1, 0.15) is 11.9 Å². The smallest absolute Gasteiger partial charge is 0.119 e. The van der Waals surface area contributed by atoms with E-state index in [1.165, 1.54) is 19.4 Å². The van der Waals surface area contributed by atoms with Crippen molar-refractivity contribution in [2.45, 2.75) is 25.9 Å². The van der Waals surface area contributed by atoms with Crippen molar-refractivity contribution in [2.75, 3.05) is 19.6 Å². The summed E-state index contributed by atoms with van der Waals surface area (Å²) < 4.78 is 5.95. The molecule has 1 atom stereocenters. The van der Waals surface area contributed by atoms with E-state index in [4.69, 9.17) is 4.74 Å². The Balaban J connectivity index is 1.89. The van der Waals surface area contributed by atoms with Crippen molar-refractivity contribution in [2.24, 2.45) is 0 Å². The summed E-state index contributed by atoms with van der Waals surface area (Å²) in [6.07, 6.45) is 2.82. The molecule has 0 N–H and O–H groups in total. The minimum absolute atomic E-state index is 0.376. The third-order valence-corrected chi connectivity index (χ3v) is 2.96. The highest BCUT2D eigenvalue weighted by Crippen LogP contribution is 2.17. The van der Waals surface area contributed by atoms with Crippen LogP contribution >= 0.6 is 0 Å². The molecule has 0 spiro atoms. The first-order valence-electron chi connectivity index (χ1n) is 5.82. The molecule has 0 aromatic heterocycles. The highest BCUT2D eigenvalue weighted by molar-refractivity contribution is 5.21. The van der Waals surface area contributed by atoms with Crippen LogP contribution in [0.3, 0.4) is 0 Å². The molecular weight excluding hydrogens is 186 g/mol. The van der Waals surface area contributed by atoms with Crippen LogP contribution in [0.15, 0.2) is 30.3 Å². The minimum atomic E-state index is 0.376. The van der Waals surface area contributed by atoms with Gasteiger partial charge in [-0.2, -0.15) is 0 Å². The van der Waals surface area contributed by atoms with Crippen molar-refractivity contribution in [1.29, 1.82) is 0 Å². The second kappa shape index (κ2) is 5.17. The Morgan fingerprint density at radius 2 is 2.13 bits per heavy atom. The van der Waals surface area contributed by atoms with Gasteiger partial charge in [0, 0.05) is 6.54 Å². The van der Waals surface area contributed by atoms with Gasteiger partial charge in [0.2, 0.25) is 0 Å². The number of nitrogens with zero attached hydrogens (tertiary/aromatic N) is 1. The van der Waals surface area contributed by atoms with Gasteiger partial charge in [0.05, 0.1) is 0 Å². The van der Waals surface area contributed by atoms with Crippen LogP contribution in [0.5, 0.6) is 5.75 Å². The molecule has 1 heterocycles. The van der Waals surface area contributed by atoms with E-state index in [2.05, 4.69) is 11.8 Å². The van der Waals surface area contributed by atoms with Crippen molar-refractivity contribution in [1.82, 2.24) is 4.90 Å². The van der Waals surface area contributed by atoms with E-state index in [0.29, 0.717) is 6.10 Å². The number of hydrogen-bond acceptors (Lipinski definition) is 2. The molecule has 0 radical (unpaired) electrons. The monoisotopic (exact) mass is 205 g/mol. The molecule has 1 aliphatic rings. The first-order chi connectivity index (χ1) is 7.38. The number of ether oxygens (including phenoxy) is 1. The van der Waals surface area contributed by atoms with Crippen molar-refractivity contribution in [3.63, 3.8) is 0 Å². The molecular formula is C13H19NO. The minimum Gasteiger partial charge on any atom is -0.489 e. The van der Waals surface area contributed by atoms with E-state index in [0.717, 1.165) is 18.8 Å². The van der Waals surface area contributed by atoms with Gasteiger partial charge in [-0.1, -0.05) is 25.1 Å². The summed E-state index contributed by atoms with van der Waals surface area (Å²) in [5.74, 6) is 1.00. The predicted octanol–water partition coefficient (Wildman–Crippen LogP) is 2.55. The summed E-state index contributed by atoms with van der Waals surface area (Å²) in [4.78, 5) is 2.46. The first kappa shape index (κ1) is 10.5. The lowest BCUT2D eigenvalue weighted by atomic mass is 10.1. The summed E-state index contributed by atoms with van der Waals surface area (Å²) in [5.41, 5.74) is 0. The van der Waals surface area contributed by atoms with Crippen LogP contribution < -0.4 is 4.74 Å². The van der Waals surface area contributed by atoms with E-state index >= 15 is 0 Å². The first-order valence-corrected chi connectivity index (χ1v) is 5.82. The Kier molecular flexibility index (Phi) is 3.62. The van der Waals surface area contributed by atoms with E-state index < -0.39 is 0 Å². The molecule has 1 aliphatic heterocycles. The third kappa shape index (κ3) is 2.96. The van der Waals surface area contributed by atoms with Crippen molar-refractivity contribution >= 4 is 0 Å². The molecule has 2 nitrogen and oxygen atoms in total. The van der Waals surface area contributed by atoms with Crippen LogP contribution in [0, 0.1) is 0 Å². The van der Waals surface area contributed by atoms with Crippen molar-refractivity contribution < 1.29 is 4.74 Å². The van der Waals surface area contributed by atoms with Gasteiger partial charge in [-0.05, 0) is 38.1 Å². The third-order valence-electron chi connectivity index (χ3n) is 2.96. The molecule has 2 rings (SSSR count). The number of piperidine rings is 1. The molecule has 82 valence electrons. The Hall–Kier alpha value is -1.02. The number of rotatable bonds is 3. The van der Waals surface area contributed by atoms with Crippen LogP contribution in [0.4, 0.5) is 0 Å². The zero-order chi connectivity index (χ0) is 10.5. The standard InChI is InChI=1S/C13H19NO/c1-2-14-10-6-9-13(11-14)15-12-7-4-3-5-8-12/h3-5,7-8,13H,2,6,9-11H2,1H3. The second-order valence-electron chi connectivity index (χ2n) is 4.09. The Morgan fingerprint density at radius 1 is 1.33 bits per heavy atom. The highest BCUT2D eigenvalue weighted by Gasteiger charge is 2.19. The SMILES string of the molecule is CCN1CCCC(Oc2ccccc2)C1. The van der Waals surface area contributed by atoms with E-state index in [9.17, 15) is 0 Å². The zero-order valence-corrected chi connectivity index (χ0v) is 9.36. The normalized spacial score (nSPS) is 22.6. The quantitative estimate of drug-likeness (QED) is 0.752. The predicted molar refractivity (Wildman–Crippen MR) is 62.2 cm³/mol. The van der Waals surface area contributed by atoms with Gasteiger partial charge in [-0.15, -0.1) is 0 Å². The van der Waals surface area contributed by atoms with Gasteiger partial charge in [-0.3, -0.25) is 4.90 Å². The summed E-state index contributed by atoms with van der Waals surface area (Å²) in [5, 5.41) is 0. The molecule has 1 aromatic carbocycles. The molecule has 1 aromatic rings. The van der Waals surface area contributed by atoms with Crippen LogP contribution in [0.25, 0.3) is 0 Å². The largest absolute Gasteiger partial charge is 0.489 e. The fourth-order valence-electron chi connectivity index (χ4n) is 2.09. The maximum absolute atomic E-state index is 5.95. The topological polar surface area (TPSA) is 12.5 Å². The molecule has 0 saturated carbocycles. The van der Waals surface area contributed by atoms with Crippen LogP contribution in [-0.4, -0.2) is 30.6 Å². The number of likely N-dealkylation sites (tertiary alicyclic amines) is 1. The summed E-state index contributed by atoms with van der Waals surface area (Å²) in [6.45, 7) is 5.65. The lowest BCUT2D eigenvalue weighted by Crippen LogP contribution is -2.40. The lowest BCUT2D eigenvalue weighted by molar-refractivity contribution is 0.0920. The van der Waals surface area contributed by atoms with Crippen LogP contribution in [0.1, 0.15) is 19.8 Å². The van der Waals surface area contributed by atoms with Crippen LogP contribution in [0.2, 0.25) is 0 Å². The molecule has 1 saturated heterocycles. The van der Waals surface area contributed by atoms with Gasteiger partial charge >= 0.3 is 0 Å². The summed E-state index contributed by atoms with van der Waals surface area (Å²) in [7, 11) is 0. The van der Waals surface area contributed by atoms with Gasteiger partial charge in [-0.25, -0.2) is 0 Å². The second-order valence-corrected chi connectivity index (χ2v) is 4.09. The van der Waals surface area contributed by atoms with Crippen molar-refractivity contribution in [3.05, 3.63) is 30.3 Å². The van der Waals surface area contributed by atoms with E-state index in [1.54, 1.807) is 0 Å². The fourth-order valence-corrected chi connectivity index (χ4v) is 2.09. The summed E-state index contributed by atoms with van der Waals surface area (Å²) >= 11 is 0. The Labute approximate surface area is 91.9 Å². The average Bonchev–Trinajstić information content (AvgIpc) is 2.31. The lowest BCUT2D eigenvalue weighted by Gasteiger charge is -2.31.